The summed E-state index contributed by atoms with van der Waals surface area (Å²) in [6.07, 6.45) is 6.27. The number of aliphatic hydroxyl groups is 1. The number of carbonyl (C=O) groups excluding carboxylic acids is 1. The van der Waals surface area contributed by atoms with Gasteiger partial charge in [0.2, 0.25) is 5.91 Å². The molecule has 5 rings (SSSR count). The third-order valence-electron chi connectivity index (χ3n) is 8.42. The van der Waals surface area contributed by atoms with E-state index in [-0.39, 0.29) is 54.5 Å². The molecule has 1 aliphatic heterocycles. The molecule has 3 atom stereocenters. The van der Waals surface area contributed by atoms with Crippen molar-refractivity contribution in [2.24, 2.45) is 11.1 Å². The topological polar surface area (TPSA) is 129 Å². The van der Waals surface area contributed by atoms with Gasteiger partial charge in [-0.05, 0) is 62.0 Å². The second-order valence-electron chi connectivity index (χ2n) is 12.0. The molecule has 11 heteroatoms. The Morgan fingerprint density at radius 3 is 2.65 bits per heavy atom. The average Bonchev–Trinajstić information content (AvgIpc) is 3.69. The van der Waals surface area contributed by atoms with E-state index in [1.54, 1.807) is 23.3 Å². The first-order chi connectivity index (χ1) is 20.2. The molecule has 1 amide bonds. The number of nitrogens with zero attached hydrogens (tertiary/aromatic N) is 4. The summed E-state index contributed by atoms with van der Waals surface area (Å²) in [6.45, 7) is 10.00. The maximum Gasteiger partial charge on any atom is 0.234 e. The number of hydrogen-bond acceptors (Lipinski definition) is 8. The molecule has 0 saturated carbocycles. The summed E-state index contributed by atoms with van der Waals surface area (Å²) in [4.78, 5) is 25.7. The molecule has 0 spiro atoms. The number of fused-ring (bicyclic) bond motifs is 1. The predicted molar refractivity (Wildman–Crippen MR) is 166 cm³/mol. The molecule has 1 aromatic carbocycles. The number of hydroxylamine groups is 1. The van der Waals surface area contributed by atoms with Crippen LogP contribution in [0.25, 0.3) is 15.9 Å². The van der Waals surface area contributed by atoms with Crippen molar-refractivity contribution in [3.05, 3.63) is 63.5 Å². The molecule has 43 heavy (non-hydrogen) atoms. The Bertz CT molecular complexity index is 1300. The summed E-state index contributed by atoms with van der Waals surface area (Å²) >= 11 is 1.65. The van der Waals surface area contributed by atoms with E-state index in [1.165, 1.54) is 16.0 Å². The number of unbranched alkanes of at least 4 members (excludes halogenated alkanes) is 1. The molecule has 2 aromatic heterocycles. The van der Waals surface area contributed by atoms with Gasteiger partial charge >= 0.3 is 0 Å². The third-order valence-corrected chi connectivity index (χ3v) is 9.40. The van der Waals surface area contributed by atoms with E-state index in [9.17, 15) is 9.90 Å². The summed E-state index contributed by atoms with van der Waals surface area (Å²) in [5.41, 5.74) is 16.5. The largest absolute Gasteiger partial charge is 0.536 e. The van der Waals surface area contributed by atoms with Crippen molar-refractivity contribution in [2.45, 2.75) is 90.8 Å². The molecule has 1 aliphatic carbocycles. The fourth-order valence-electron chi connectivity index (χ4n) is 5.98. The number of aromatic nitrogens is 2. The standard InChI is InChI=1S/C19H30N2O3.C13H16N3OS.U/c1-4-5-8-15-14-7-6-10-19(2,3)16(17(14)24-20-15)18(23)21-11-9-13(22)12-21;1-9-13(18-8-16-9)11-5-3-10(4-6-11)12(7-14)17-15-2;/h13,16,22H,4-12H2,1-3H3;3-6,8,12H,7,14H2,1-2H3;/q;-1;. The van der Waals surface area contributed by atoms with Gasteiger partial charge < -0.3 is 30.6 Å². The van der Waals surface area contributed by atoms with Crippen LogP contribution in [0.15, 0.2) is 34.3 Å². The third kappa shape index (κ3) is 8.78. The predicted octanol–water partition coefficient (Wildman–Crippen LogP) is 6.11. The SMILES string of the molecule is CCCCc1noc2c1CCCC(C)(C)C2C(=O)N1CCC(O)C1.C[N-]OC(CN)c1ccc(-c2scnc2C)cc1.[U]. The normalized spacial score (nSPS) is 19.9. The van der Waals surface area contributed by atoms with Crippen LogP contribution in [-0.2, 0) is 22.5 Å². The molecular weight excluding hydrogens is 788 g/mol. The van der Waals surface area contributed by atoms with Gasteiger partial charge in [-0.25, -0.2) is 4.98 Å². The van der Waals surface area contributed by atoms with Gasteiger partial charge in [-0.15, -0.1) is 18.4 Å². The van der Waals surface area contributed by atoms with E-state index in [0.29, 0.717) is 26.1 Å². The quantitative estimate of drug-likeness (QED) is 0.197. The molecule has 0 bridgehead atoms. The van der Waals surface area contributed by atoms with E-state index < -0.39 is 6.10 Å². The van der Waals surface area contributed by atoms with E-state index in [0.717, 1.165) is 61.2 Å². The monoisotopic (exact) mass is 834 g/mol. The second kappa shape index (κ2) is 16.7. The van der Waals surface area contributed by atoms with Gasteiger partial charge in [-0.2, -0.15) is 0 Å². The van der Waals surface area contributed by atoms with Gasteiger partial charge in [0.25, 0.3) is 0 Å². The van der Waals surface area contributed by atoms with Gasteiger partial charge in [0.05, 0.1) is 34.0 Å². The molecule has 0 radical (unpaired) electrons. The zero-order valence-electron chi connectivity index (χ0n) is 26.1. The zero-order chi connectivity index (χ0) is 30.3. The molecule has 1 saturated heterocycles. The molecule has 234 valence electrons. The number of aliphatic hydroxyl groups excluding tert-OH is 1. The van der Waals surface area contributed by atoms with Crippen LogP contribution in [0.5, 0.6) is 0 Å². The van der Waals surface area contributed by atoms with Gasteiger partial charge in [-0.3, -0.25) is 4.79 Å². The fraction of sp³-hybridized carbons (Fsp3) is 0.594. The van der Waals surface area contributed by atoms with Gasteiger partial charge in [0.1, 0.15) is 5.92 Å². The summed E-state index contributed by atoms with van der Waals surface area (Å²) in [5, 5.41) is 14.1. The number of hydrogen-bond donors (Lipinski definition) is 2. The minimum Gasteiger partial charge on any atom is -0.536 e. The summed E-state index contributed by atoms with van der Waals surface area (Å²) < 4.78 is 5.76. The van der Waals surface area contributed by atoms with Crippen molar-refractivity contribution in [1.82, 2.24) is 15.0 Å². The molecule has 3 N–H and O–H groups in total. The van der Waals surface area contributed by atoms with Crippen LogP contribution in [0, 0.1) is 43.5 Å². The Labute approximate surface area is 283 Å². The number of β-amino-alcohol motifs (C(OH)–C–C–N with tert-alkyl or cyclic N) is 1. The first-order valence-corrected chi connectivity index (χ1v) is 16.0. The van der Waals surface area contributed by atoms with Crippen LogP contribution >= 0.6 is 11.3 Å². The van der Waals surface area contributed by atoms with Crippen LogP contribution in [0.1, 0.15) is 93.2 Å². The molecular formula is C32H46N5O4SU-. The van der Waals surface area contributed by atoms with E-state index in [4.69, 9.17) is 15.1 Å². The van der Waals surface area contributed by atoms with Gasteiger partial charge in [-0.1, -0.05) is 56.6 Å². The van der Waals surface area contributed by atoms with E-state index in [1.807, 2.05) is 24.6 Å². The Hall–Kier alpha value is -1.58. The van der Waals surface area contributed by atoms with Crippen molar-refractivity contribution in [1.29, 1.82) is 0 Å². The fourth-order valence-corrected chi connectivity index (χ4v) is 6.79. The first-order valence-electron chi connectivity index (χ1n) is 15.1. The van der Waals surface area contributed by atoms with Crippen molar-refractivity contribution >= 4 is 17.2 Å². The molecule has 3 aromatic rings. The van der Waals surface area contributed by atoms with Crippen LogP contribution < -0.4 is 5.73 Å². The maximum atomic E-state index is 13.2. The van der Waals surface area contributed by atoms with Crippen molar-refractivity contribution < 1.29 is 50.4 Å². The van der Waals surface area contributed by atoms with Crippen LogP contribution in [0.4, 0.5) is 0 Å². The number of rotatable bonds is 9. The number of carbonyl (C=O) groups is 1. The number of benzene rings is 1. The molecule has 3 unspecified atom stereocenters. The smallest absolute Gasteiger partial charge is 0.234 e. The molecule has 1 fully saturated rings. The van der Waals surface area contributed by atoms with Crippen LogP contribution in [0.2, 0.25) is 0 Å². The Balaban J connectivity index is 0.000000239. The number of aryl methyl sites for hydroxylation is 2. The van der Waals surface area contributed by atoms with Crippen molar-refractivity contribution in [2.75, 3.05) is 26.7 Å². The molecule has 3 heterocycles. The van der Waals surface area contributed by atoms with Gasteiger partial charge in [0, 0.05) is 56.3 Å². The molecule has 9 nitrogen and oxygen atoms in total. The summed E-state index contributed by atoms with van der Waals surface area (Å²) in [5.74, 6) is 0.594. The number of nitrogens with two attached hydrogens (primary N) is 1. The first kappa shape index (κ1) is 35.9. The van der Waals surface area contributed by atoms with Crippen LogP contribution in [-0.4, -0.2) is 58.8 Å². The second-order valence-corrected chi connectivity index (χ2v) is 12.8. The van der Waals surface area contributed by atoms with Crippen LogP contribution in [0.3, 0.4) is 0 Å². The van der Waals surface area contributed by atoms with Gasteiger partial charge in [0.15, 0.2) is 5.76 Å². The average molecular weight is 835 g/mol. The van der Waals surface area contributed by atoms with Crippen molar-refractivity contribution in [3.63, 3.8) is 0 Å². The molecule has 2 aliphatic rings. The zero-order valence-corrected chi connectivity index (χ0v) is 31.1. The summed E-state index contributed by atoms with van der Waals surface area (Å²) in [6, 6.07) is 8.18. The Morgan fingerprint density at radius 1 is 1.33 bits per heavy atom. The number of likely N-dealkylation sites (tertiary alicyclic amines) is 1. The minimum absolute atomic E-state index is 0. The Morgan fingerprint density at radius 2 is 2.07 bits per heavy atom. The van der Waals surface area contributed by atoms with E-state index in [2.05, 4.69) is 48.5 Å². The Kier molecular flexibility index (Phi) is 13.9. The minimum atomic E-state index is -0.392. The van der Waals surface area contributed by atoms with Crippen molar-refractivity contribution in [3.8, 4) is 10.4 Å². The maximum absolute atomic E-state index is 13.2. The number of thiazole rings is 1. The summed E-state index contributed by atoms with van der Waals surface area (Å²) in [7, 11) is 1.61. The van der Waals surface area contributed by atoms with E-state index >= 15 is 0 Å². The number of amides is 1.